The summed E-state index contributed by atoms with van der Waals surface area (Å²) in [6.45, 7) is 8.81. The molecule has 1 aromatic heterocycles. The van der Waals surface area contributed by atoms with E-state index in [0.717, 1.165) is 0 Å². The fourth-order valence-electron chi connectivity index (χ4n) is 1.24. The maximum Gasteiger partial charge on any atom is 0.336 e. The standard InChI is InChI=1S/C14H16O5/c1-4-17-14(16)11(3)9-19-13(15)10(2)8-12-6-5-7-18-12/h5-7H,2-4,8-9H2,1H3. The number of carbonyl (C=O) groups is 2. The van der Waals surface area contributed by atoms with Crippen molar-refractivity contribution in [2.75, 3.05) is 13.2 Å². The van der Waals surface area contributed by atoms with E-state index in [4.69, 9.17) is 13.9 Å². The Morgan fingerprint density at radius 1 is 1.21 bits per heavy atom. The van der Waals surface area contributed by atoms with Gasteiger partial charge in [-0.25, -0.2) is 9.59 Å². The van der Waals surface area contributed by atoms with Crippen LogP contribution in [0.1, 0.15) is 12.7 Å². The lowest BCUT2D eigenvalue weighted by molar-refractivity contribution is -0.142. The number of ether oxygens (including phenoxy) is 2. The number of hydrogen-bond donors (Lipinski definition) is 0. The van der Waals surface area contributed by atoms with Crippen LogP contribution in [0.5, 0.6) is 0 Å². The summed E-state index contributed by atoms with van der Waals surface area (Å²) in [4.78, 5) is 22.8. The molecule has 1 heterocycles. The van der Waals surface area contributed by atoms with E-state index in [2.05, 4.69) is 13.2 Å². The van der Waals surface area contributed by atoms with Crippen LogP contribution in [0.3, 0.4) is 0 Å². The fourth-order valence-corrected chi connectivity index (χ4v) is 1.24. The van der Waals surface area contributed by atoms with Crippen LogP contribution < -0.4 is 0 Å². The van der Waals surface area contributed by atoms with E-state index in [9.17, 15) is 9.59 Å². The minimum atomic E-state index is -0.596. The Morgan fingerprint density at radius 3 is 2.47 bits per heavy atom. The normalized spacial score (nSPS) is 9.74. The van der Waals surface area contributed by atoms with Crippen LogP contribution in [-0.2, 0) is 25.5 Å². The summed E-state index contributed by atoms with van der Waals surface area (Å²) >= 11 is 0. The Labute approximate surface area is 111 Å². The second kappa shape index (κ2) is 7.20. The van der Waals surface area contributed by atoms with Crippen molar-refractivity contribution in [3.63, 3.8) is 0 Å². The molecule has 0 N–H and O–H groups in total. The summed E-state index contributed by atoms with van der Waals surface area (Å²) in [6.07, 6.45) is 1.77. The molecule has 102 valence electrons. The van der Waals surface area contributed by atoms with Crippen LogP contribution in [0.25, 0.3) is 0 Å². The number of rotatable bonds is 7. The zero-order chi connectivity index (χ0) is 14.3. The molecule has 0 fully saturated rings. The highest BCUT2D eigenvalue weighted by atomic mass is 16.5. The summed E-state index contributed by atoms with van der Waals surface area (Å²) in [5.74, 6) is -0.556. The van der Waals surface area contributed by atoms with Gasteiger partial charge in [0.15, 0.2) is 0 Å². The first-order chi connectivity index (χ1) is 9.04. The molecule has 0 amide bonds. The first kappa shape index (κ1) is 14.8. The van der Waals surface area contributed by atoms with Gasteiger partial charge in [-0.2, -0.15) is 0 Å². The molecule has 19 heavy (non-hydrogen) atoms. The molecule has 1 rings (SSSR count). The first-order valence-corrected chi connectivity index (χ1v) is 5.76. The van der Waals surface area contributed by atoms with E-state index in [1.54, 1.807) is 19.1 Å². The third kappa shape index (κ3) is 4.83. The molecule has 0 spiro atoms. The van der Waals surface area contributed by atoms with E-state index in [-0.39, 0.29) is 30.8 Å². The maximum absolute atomic E-state index is 11.6. The van der Waals surface area contributed by atoms with Gasteiger partial charge in [-0.15, -0.1) is 0 Å². The minimum Gasteiger partial charge on any atom is -0.469 e. The first-order valence-electron chi connectivity index (χ1n) is 5.76. The lowest BCUT2D eigenvalue weighted by Gasteiger charge is -2.07. The summed E-state index contributed by atoms with van der Waals surface area (Å²) < 4.78 is 14.7. The van der Waals surface area contributed by atoms with Crippen LogP contribution in [0, 0.1) is 0 Å². The fraction of sp³-hybridized carbons (Fsp3) is 0.286. The SMILES string of the molecule is C=C(COC(=O)C(=C)Cc1ccco1)C(=O)OCC. The van der Waals surface area contributed by atoms with E-state index >= 15 is 0 Å². The smallest absolute Gasteiger partial charge is 0.336 e. The van der Waals surface area contributed by atoms with Gasteiger partial charge in [-0.3, -0.25) is 0 Å². The average Bonchev–Trinajstić information content (AvgIpc) is 2.88. The monoisotopic (exact) mass is 264 g/mol. The molecule has 0 radical (unpaired) electrons. The maximum atomic E-state index is 11.6. The largest absolute Gasteiger partial charge is 0.469 e. The van der Waals surface area contributed by atoms with Gasteiger partial charge in [0.25, 0.3) is 0 Å². The predicted octanol–water partition coefficient (Wildman–Crippen LogP) is 2.04. The van der Waals surface area contributed by atoms with Crippen molar-refractivity contribution >= 4 is 11.9 Å². The zero-order valence-electron chi connectivity index (χ0n) is 10.8. The molecule has 0 atom stereocenters. The van der Waals surface area contributed by atoms with Crippen molar-refractivity contribution in [1.29, 1.82) is 0 Å². The summed E-state index contributed by atoms with van der Waals surface area (Å²) in [5, 5.41) is 0. The number of hydrogen-bond acceptors (Lipinski definition) is 5. The van der Waals surface area contributed by atoms with Crippen molar-refractivity contribution in [3.05, 3.63) is 48.5 Å². The molecule has 0 aliphatic rings. The average molecular weight is 264 g/mol. The lowest BCUT2D eigenvalue weighted by Crippen LogP contribution is -2.16. The van der Waals surface area contributed by atoms with Crippen LogP contribution in [0.15, 0.2) is 47.1 Å². The molecule has 0 unspecified atom stereocenters. The highest BCUT2D eigenvalue weighted by molar-refractivity contribution is 5.91. The molecule has 1 aromatic rings. The number of carbonyl (C=O) groups excluding carboxylic acids is 2. The van der Waals surface area contributed by atoms with Gasteiger partial charge < -0.3 is 13.9 Å². The van der Waals surface area contributed by atoms with E-state index in [0.29, 0.717) is 5.76 Å². The molecule has 5 heteroatoms. The molecule has 5 nitrogen and oxygen atoms in total. The number of furan rings is 1. The summed E-state index contributed by atoms with van der Waals surface area (Å²) in [7, 11) is 0. The molecule has 0 bridgehead atoms. The van der Waals surface area contributed by atoms with E-state index < -0.39 is 11.9 Å². The molecule has 0 aliphatic carbocycles. The lowest BCUT2D eigenvalue weighted by atomic mass is 10.2. The predicted molar refractivity (Wildman–Crippen MR) is 68.3 cm³/mol. The van der Waals surface area contributed by atoms with Crippen LogP contribution in [0.4, 0.5) is 0 Å². The van der Waals surface area contributed by atoms with Gasteiger partial charge in [0.2, 0.25) is 0 Å². The summed E-state index contributed by atoms with van der Waals surface area (Å²) in [6, 6.07) is 3.45. The van der Waals surface area contributed by atoms with Gasteiger partial charge in [-0.05, 0) is 19.1 Å². The van der Waals surface area contributed by atoms with Gasteiger partial charge in [0, 0.05) is 12.0 Å². The Hall–Kier alpha value is -2.30. The Balaban J connectivity index is 2.36. The topological polar surface area (TPSA) is 65.7 Å². The van der Waals surface area contributed by atoms with Gasteiger partial charge in [-0.1, -0.05) is 13.2 Å². The van der Waals surface area contributed by atoms with Gasteiger partial charge in [0.1, 0.15) is 12.4 Å². The highest BCUT2D eigenvalue weighted by Gasteiger charge is 2.14. The van der Waals surface area contributed by atoms with Gasteiger partial charge in [0.05, 0.1) is 18.4 Å². The van der Waals surface area contributed by atoms with E-state index in [1.165, 1.54) is 6.26 Å². The molecular formula is C14H16O5. The summed E-state index contributed by atoms with van der Waals surface area (Å²) in [5.41, 5.74) is 0.326. The molecule has 0 aromatic carbocycles. The second-order valence-corrected chi connectivity index (χ2v) is 3.76. The van der Waals surface area contributed by atoms with Crippen LogP contribution >= 0.6 is 0 Å². The molecular weight excluding hydrogens is 248 g/mol. The van der Waals surface area contributed by atoms with Crippen LogP contribution in [0.2, 0.25) is 0 Å². The van der Waals surface area contributed by atoms with Crippen molar-refractivity contribution < 1.29 is 23.5 Å². The van der Waals surface area contributed by atoms with Crippen molar-refractivity contribution in [3.8, 4) is 0 Å². The van der Waals surface area contributed by atoms with E-state index in [1.807, 2.05) is 0 Å². The Morgan fingerprint density at radius 2 is 1.89 bits per heavy atom. The molecule has 0 aliphatic heterocycles. The van der Waals surface area contributed by atoms with Crippen molar-refractivity contribution in [2.24, 2.45) is 0 Å². The van der Waals surface area contributed by atoms with Gasteiger partial charge >= 0.3 is 11.9 Å². The van der Waals surface area contributed by atoms with Crippen molar-refractivity contribution in [1.82, 2.24) is 0 Å². The Bertz CT molecular complexity index is 470. The Kier molecular flexibility index (Phi) is 5.60. The minimum absolute atomic E-state index is 0.0843. The van der Waals surface area contributed by atoms with Crippen LogP contribution in [-0.4, -0.2) is 25.2 Å². The quantitative estimate of drug-likeness (QED) is 0.557. The third-order valence-corrected chi connectivity index (χ3v) is 2.20. The number of esters is 2. The second-order valence-electron chi connectivity index (χ2n) is 3.76. The molecule has 0 saturated heterocycles. The highest BCUT2D eigenvalue weighted by Crippen LogP contribution is 2.09. The molecule has 0 saturated carbocycles. The zero-order valence-corrected chi connectivity index (χ0v) is 10.8. The third-order valence-electron chi connectivity index (χ3n) is 2.20. The van der Waals surface area contributed by atoms with Crippen molar-refractivity contribution in [2.45, 2.75) is 13.3 Å².